The van der Waals surface area contributed by atoms with Gasteiger partial charge in [-0.15, -0.1) is 0 Å². The lowest BCUT2D eigenvalue weighted by atomic mass is 9.90. The lowest BCUT2D eigenvalue weighted by molar-refractivity contribution is -0.143. The second kappa shape index (κ2) is 12.4. The van der Waals surface area contributed by atoms with Gasteiger partial charge in [-0.05, 0) is 23.6 Å². The third-order valence-electron chi connectivity index (χ3n) is 5.12. The van der Waals surface area contributed by atoms with Crippen molar-refractivity contribution in [3.63, 3.8) is 0 Å². The molecular formula is C25H32FNO6. The molecular weight excluding hydrogens is 429 g/mol. The van der Waals surface area contributed by atoms with E-state index in [0.29, 0.717) is 11.4 Å². The number of aromatic nitrogens is 1. The number of halogens is 1. The first-order chi connectivity index (χ1) is 15.7. The van der Waals surface area contributed by atoms with Crippen molar-refractivity contribution >= 4 is 12.0 Å². The maximum atomic E-state index is 13.6. The highest BCUT2D eigenvalue weighted by molar-refractivity contribution is 5.81. The van der Waals surface area contributed by atoms with Crippen LogP contribution in [0.15, 0.2) is 30.3 Å². The summed E-state index contributed by atoms with van der Waals surface area (Å²) in [4.78, 5) is 16.0. The van der Waals surface area contributed by atoms with Gasteiger partial charge in [0.25, 0.3) is 0 Å². The van der Waals surface area contributed by atoms with E-state index in [-0.39, 0.29) is 31.2 Å². The molecule has 0 bridgehead atoms. The number of pyridine rings is 1. The Morgan fingerprint density at radius 2 is 1.82 bits per heavy atom. The molecule has 0 saturated heterocycles. The number of carbonyl (C=O) groups is 1. The van der Waals surface area contributed by atoms with Gasteiger partial charge in [0.1, 0.15) is 5.82 Å². The van der Waals surface area contributed by atoms with Gasteiger partial charge in [0.05, 0.1) is 45.1 Å². The zero-order valence-corrected chi connectivity index (χ0v) is 19.7. The number of nitrogens with zero attached hydrogens (tertiary/aromatic N) is 1. The van der Waals surface area contributed by atoms with Crippen LogP contribution in [0.3, 0.4) is 0 Å². The van der Waals surface area contributed by atoms with Crippen molar-refractivity contribution in [3.8, 4) is 17.0 Å². The second-order valence-electron chi connectivity index (χ2n) is 7.96. The number of aliphatic hydroxyl groups is 2. The Morgan fingerprint density at radius 1 is 1.15 bits per heavy atom. The summed E-state index contributed by atoms with van der Waals surface area (Å²) < 4.78 is 29.1. The van der Waals surface area contributed by atoms with E-state index < -0.39 is 18.2 Å². The standard InChI is InChI=1S/C25H32FNO6/c1-15(2)24-20(11-10-18(28)12-19(29)13-22(30)32-4)23(16-6-8-17(26)9-7-16)21(14-31-3)25(27-24)33-5/h6-11,15,18-19,28-29H,12-14H2,1-5H3/b11-10+/t18-,19-/m1/s1. The van der Waals surface area contributed by atoms with Crippen LogP contribution >= 0.6 is 0 Å². The highest BCUT2D eigenvalue weighted by Gasteiger charge is 2.22. The van der Waals surface area contributed by atoms with Crippen molar-refractivity contribution in [1.82, 2.24) is 4.98 Å². The lowest BCUT2D eigenvalue weighted by Crippen LogP contribution is -2.20. The normalized spacial score (nSPS) is 13.4. The molecule has 2 aromatic rings. The number of methoxy groups -OCH3 is 3. The fourth-order valence-corrected chi connectivity index (χ4v) is 3.56. The van der Waals surface area contributed by atoms with Crippen LogP contribution < -0.4 is 4.74 Å². The van der Waals surface area contributed by atoms with Crippen LogP contribution in [0.2, 0.25) is 0 Å². The number of hydrogen-bond donors (Lipinski definition) is 2. The molecule has 0 saturated carbocycles. The van der Waals surface area contributed by atoms with E-state index in [1.807, 2.05) is 13.8 Å². The molecule has 33 heavy (non-hydrogen) atoms. The van der Waals surface area contributed by atoms with E-state index >= 15 is 0 Å². The Bertz CT molecular complexity index is 958. The average molecular weight is 462 g/mol. The zero-order valence-electron chi connectivity index (χ0n) is 19.7. The van der Waals surface area contributed by atoms with Crippen molar-refractivity contribution in [3.05, 3.63) is 53.0 Å². The molecule has 0 aliphatic carbocycles. The Kier molecular flexibility index (Phi) is 9.96. The maximum Gasteiger partial charge on any atom is 0.308 e. The summed E-state index contributed by atoms with van der Waals surface area (Å²) in [6, 6.07) is 6.08. The summed E-state index contributed by atoms with van der Waals surface area (Å²) in [5, 5.41) is 20.5. The summed E-state index contributed by atoms with van der Waals surface area (Å²) >= 11 is 0. The molecule has 2 rings (SSSR count). The summed E-state index contributed by atoms with van der Waals surface area (Å²) in [6.45, 7) is 4.18. The SMILES string of the molecule is COCc1c(OC)nc(C(C)C)c(/C=C/[C@@H](O)C[C@@H](O)CC(=O)OC)c1-c1ccc(F)cc1. The minimum atomic E-state index is -1.05. The van der Waals surface area contributed by atoms with Crippen LogP contribution in [-0.2, 0) is 20.9 Å². The Hall–Kier alpha value is -2.81. The molecule has 2 N–H and O–H groups in total. The fourth-order valence-electron chi connectivity index (χ4n) is 3.56. The molecule has 1 aromatic carbocycles. The largest absolute Gasteiger partial charge is 0.481 e. The number of benzene rings is 1. The summed E-state index contributed by atoms with van der Waals surface area (Å²) in [7, 11) is 4.33. The minimum absolute atomic E-state index is 0.0106. The number of esters is 1. The molecule has 180 valence electrons. The second-order valence-corrected chi connectivity index (χ2v) is 7.96. The smallest absolute Gasteiger partial charge is 0.308 e. The molecule has 0 spiro atoms. The molecule has 0 aliphatic heterocycles. The van der Waals surface area contributed by atoms with Gasteiger partial charge in [0, 0.05) is 30.2 Å². The first kappa shape index (κ1) is 26.4. The van der Waals surface area contributed by atoms with Gasteiger partial charge in [0.2, 0.25) is 5.88 Å². The van der Waals surface area contributed by atoms with Gasteiger partial charge < -0.3 is 24.4 Å². The number of carbonyl (C=O) groups excluding carboxylic acids is 1. The predicted octanol–water partition coefficient (Wildman–Crippen LogP) is 3.85. The lowest BCUT2D eigenvalue weighted by Gasteiger charge is -2.21. The fraction of sp³-hybridized carbons (Fsp3) is 0.440. The zero-order chi connectivity index (χ0) is 24.5. The third kappa shape index (κ3) is 7.08. The number of hydrogen-bond acceptors (Lipinski definition) is 7. The highest BCUT2D eigenvalue weighted by atomic mass is 19.1. The molecule has 2 atom stereocenters. The van der Waals surface area contributed by atoms with Crippen LogP contribution in [0.1, 0.15) is 49.4 Å². The first-order valence-electron chi connectivity index (χ1n) is 10.7. The molecule has 0 fully saturated rings. The number of rotatable bonds is 11. The average Bonchev–Trinajstić information content (AvgIpc) is 2.78. The maximum absolute atomic E-state index is 13.6. The van der Waals surface area contributed by atoms with E-state index in [1.54, 1.807) is 31.4 Å². The third-order valence-corrected chi connectivity index (χ3v) is 5.12. The van der Waals surface area contributed by atoms with E-state index in [0.717, 1.165) is 22.4 Å². The van der Waals surface area contributed by atoms with Crippen molar-refractivity contribution in [1.29, 1.82) is 0 Å². The van der Waals surface area contributed by atoms with Crippen LogP contribution in [0.5, 0.6) is 5.88 Å². The van der Waals surface area contributed by atoms with Crippen LogP contribution in [-0.4, -0.2) is 54.7 Å². The van der Waals surface area contributed by atoms with Crippen molar-refractivity contribution < 1.29 is 33.6 Å². The number of aliphatic hydroxyl groups excluding tert-OH is 2. The first-order valence-corrected chi connectivity index (χ1v) is 10.7. The van der Waals surface area contributed by atoms with Gasteiger partial charge in [-0.1, -0.05) is 38.1 Å². The van der Waals surface area contributed by atoms with E-state index in [2.05, 4.69) is 9.72 Å². The molecule has 0 unspecified atom stereocenters. The number of ether oxygens (including phenoxy) is 3. The van der Waals surface area contributed by atoms with Crippen molar-refractivity contribution in [2.45, 2.75) is 51.4 Å². The van der Waals surface area contributed by atoms with Gasteiger partial charge in [0.15, 0.2) is 0 Å². The molecule has 1 heterocycles. The Morgan fingerprint density at radius 3 is 2.36 bits per heavy atom. The van der Waals surface area contributed by atoms with Gasteiger partial charge in [-0.3, -0.25) is 4.79 Å². The van der Waals surface area contributed by atoms with Crippen molar-refractivity contribution in [2.75, 3.05) is 21.3 Å². The molecule has 0 aliphatic rings. The monoisotopic (exact) mass is 461 g/mol. The van der Waals surface area contributed by atoms with Gasteiger partial charge in [-0.25, -0.2) is 9.37 Å². The molecule has 7 nitrogen and oxygen atoms in total. The van der Waals surface area contributed by atoms with Crippen LogP contribution in [0.4, 0.5) is 4.39 Å². The Labute approximate surface area is 193 Å². The highest BCUT2D eigenvalue weighted by Crippen LogP contribution is 2.38. The van der Waals surface area contributed by atoms with Crippen LogP contribution in [0, 0.1) is 5.82 Å². The topological polar surface area (TPSA) is 98.1 Å². The molecule has 0 radical (unpaired) electrons. The van der Waals surface area contributed by atoms with E-state index in [4.69, 9.17) is 9.47 Å². The Balaban J connectivity index is 2.58. The van der Waals surface area contributed by atoms with E-state index in [1.165, 1.54) is 26.4 Å². The van der Waals surface area contributed by atoms with E-state index in [9.17, 15) is 19.4 Å². The minimum Gasteiger partial charge on any atom is -0.481 e. The quantitative estimate of drug-likeness (QED) is 0.491. The molecule has 0 amide bonds. The van der Waals surface area contributed by atoms with Crippen molar-refractivity contribution in [2.24, 2.45) is 0 Å². The molecule has 8 heteroatoms. The van der Waals surface area contributed by atoms with Gasteiger partial charge >= 0.3 is 5.97 Å². The molecule has 1 aromatic heterocycles. The summed E-state index contributed by atoms with van der Waals surface area (Å²) in [5.41, 5.74) is 3.64. The summed E-state index contributed by atoms with van der Waals surface area (Å²) in [6.07, 6.45) is 0.967. The van der Waals surface area contributed by atoms with Crippen LogP contribution in [0.25, 0.3) is 17.2 Å². The predicted molar refractivity (Wildman–Crippen MR) is 123 cm³/mol. The summed E-state index contributed by atoms with van der Waals surface area (Å²) in [5.74, 6) is -0.491. The van der Waals surface area contributed by atoms with Gasteiger partial charge in [-0.2, -0.15) is 0 Å².